The second-order valence-electron chi connectivity index (χ2n) is 7.75. The molecule has 0 aliphatic carbocycles. The summed E-state index contributed by atoms with van der Waals surface area (Å²) in [6.07, 6.45) is 0.986. The summed E-state index contributed by atoms with van der Waals surface area (Å²) < 4.78 is 11.2. The van der Waals surface area contributed by atoms with Gasteiger partial charge in [0.25, 0.3) is 0 Å². The molecule has 2 amide bonds. The van der Waals surface area contributed by atoms with Crippen LogP contribution in [0.1, 0.15) is 52.3 Å². The number of nitrogens with zero attached hydrogens (tertiary/aromatic N) is 1. The van der Waals surface area contributed by atoms with Gasteiger partial charge >= 0.3 is 6.09 Å². The molecule has 3 rings (SSSR count). The van der Waals surface area contributed by atoms with Gasteiger partial charge in [-0.3, -0.25) is 9.69 Å². The zero-order chi connectivity index (χ0) is 18.9. The van der Waals surface area contributed by atoms with Gasteiger partial charge in [-0.2, -0.15) is 0 Å². The molecule has 1 aromatic heterocycles. The first-order valence-electron chi connectivity index (χ1n) is 9.03. The number of carbonyl (C=O) groups is 2. The number of amides is 2. The van der Waals surface area contributed by atoms with Gasteiger partial charge in [-0.1, -0.05) is 18.2 Å². The number of carbonyl (C=O) groups excluding carboxylic acids is 2. The highest BCUT2D eigenvalue weighted by molar-refractivity contribution is 5.86. The first-order valence-corrected chi connectivity index (χ1v) is 9.03. The van der Waals surface area contributed by atoms with Crippen molar-refractivity contribution in [2.75, 3.05) is 6.54 Å². The fraction of sp³-hybridized carbons (Fsp3) is 0.500. The maximum absolute atomic E-state index is 12.7. The van der Waals surface area contributed by atoms with E-state index in [0.717, 1.165) is 17.4 Å². The highest BCUT2D eigenvalue weighted by Crippen LogP contribution is 2.25. The molecule has 0 spiro atoms. The van der Waals surface area contributed by atoms with Crippen LogP contribution in [-0.2, 0) is 9.53 Å². The van der Waals surface area contributed by atoms with Crippen molar-refractivity contribution in [3.8, 4) is 0 Å². The van der Waals surface area contributed by atoms with Crippen molar-refractivity contribution in [2.24, 2.45) is 0 Å². The van der Waals surface area contributed by atoms with E-state index in [4.69, 9.17) is 9.15 Å². The molecule has 26 heavy (non-hydrogen) atoms. The molecule has 1 aromatic carbocycles. The van der Waals surface area contributed by atoms with Gasteiger partial charge in [0.15, 0.2) is 0 Å². The SMILES string of the molecule is C[C@H](NC(=O)[C@H]1CCCN1C(=O)OC(C)(C)C)c1cc2ccccc2o1. The lowest BCUT2D eigenvalue weighted by Crippen LogP contribution is -2.48. The highest BCUT2D eigenvalue weighted by Gasteiger charge is 2.37. The molecular formula is C20H26N2O4. The van der Waals surface area contributed by atoms with Crippen LogP contribution < -0.4 is 5.32 Å². The third kappa shape index (κ3) is 4.00. The molecule has 0 saturated carbocycles. The van der Waals surface area contributed by atoms with Crippen molar-refractivity contribution in [2.45, 2.75) is 58.2 Å². The van der Waals surface area contributed by atoms with E-state index in [1.54, 1.807) is 0 Å². The number of para-hydroxylation sites is 1. The highest BCUT2D eigenvalue weighted by atomic mass is 16.6. The van der Waals surface area contributed by atoms with Gasteiger partial charge in [-0.25, -0.2) is 4.79 Å². The van der Waals surface area contributed by atoms with Crippen molar-refractivity contribution in [1.29, 1.82) is 0 Å². The van der Waals surface area contributed by atoms with E-state index < -0.39 is 17.7 Å². The third-order valence-electron chi connectivity index (χ3n) is 4.41. The third-order valence-corrected chi connectivity index (χ3v) is 4.41. The molecule has 2 aromatic rings. The van der Waals surface area contributed by atoms with Crippen LogP contribution >= 0.6 is 0 Å². The summed E-state index contributed by atoms with van der Waals surface area (Å²) in [7, 11) is 0. The lowest BCUT2D eigenvalue weighted by Gasteiger charge is -2.28. The minimum Gasteiger partial charge on any atom is -0.459 e. The number of fused-ring (bicyclic) bond motifs is 1. The fourth-order valence-electron chi connectivity index (χ4n) is 3.17. The first kappa shape index (κ1) is 18.3. The normalized spacial score (nSPS) is 18.8. The van der Waals surface area contributed by atoms with Crippen molar-refractivity contribution in [1.82, 2.24) is 10.2 Å². The molecule has 6 heteroatoms. The summed E-state index contributed by atoms with van der Waals surface area (Å²) in [6, 6.07) is 8.87. The monoisotopic (exact) mass is 358 g/mol. The lowest BCUT2D eigenvalue weighted by molar-refractivity contribution is -0.126. The predicted octanol–water partition coefficient (Wildman–Crippen LogP) is 4.01. The maximum Gasteiger partial charge on any atom is 0.410 e. The Morgan fingerprint density at radius 2 is 2.04 bits per heavy atom. The summed E-state index contributed by atoms with van der Waals surface area (Å²) in [4.78, 5) is 26.6. The van der Waals surface area contributed by atoms with Crippen LogP contribution in [0.3, 0.4) is 0 Å². The van der Waals surface area contributed by atoms with E-state index in [-0.39, 0.29) is 11.9 Å². The molecule has 1 N–H and O–H groups in total. The van der Waals surface area contributed by atoms with E-state index in [9.17, 15) is 9.59 Å². The fourth-order valence-corrected chi connectivity index (χ4v) is 3.17. The summed E-state index contributed by atoms with van der Waals surface area (Å²) >= 11 is 0. The Bertz CT molecular complexity index is 772. The minimum atomic E-state index is -0.581. The molecule has 1 aliphatic heterocycles. The first-order chi connectivity index (χ1) is 12.2. The number of ether oxygens (including phenoxy) is 1. The largest absolute Gasteiger partial charge is 0.459 e. The number of hydrogen-bond donors (Lipinski definition) is 1. The second-order valence-corrected chi connectivity index (χ2v) is 7.75. The second kappa shape index (κ2) is 7.02. The molecule has 0 bridgehead atoms. The van der Waals surface area contributed by atoms with Crippen LogP contribution in [0.4, 0.5) is 4.79 Å². The summed E-state index contributed by atoms with van der Waals surface area (Å²) in [5.74, 6) is 0.516. The van der Waals surface area contributed by atoms with Gasteiger partial charge in [0, 0.05) is 11.9 Å². The Hall–Kier alpha value is -2.50. The average Bonchev–Trinajstić information content (AvgIpc) is 3.20. The van der Waals surface area contributed by atoms with Gasteiger partial charge in [0.1, 0.15) is 23.0 Å². The summed E-state index contributed by atoms with van der Waals surface area (Å²) in [5, 5.41) is 3.96. The smallest absolute Gasteiger partial charge is 0.410 e. The number of hydrogen-bond acceptors (Lipinski definition) is 4. The molecule has 2 heterocycles. The van der Waals surface area contributed by atoms with Crippen LogP contribution in [0.2, 0.25) is 0 Å². The van der Waals surface area contributed by atoms with E-state index in [2.05, 4.69) is 5.32 Å². The van der Waals surface area contributed by atoms with Gasteiger partial charge in [-0.15, -0.1) is 0 Å². The number of nitrogens with one attached hydrogen (secondary N) is 1. The van der Waals surface area contributed by atoms with Crippen molar-refractivity contribution < 1.29 is 18.7 Å². The molecule has 140 valence electrons. The van der Waals surface area contributed by atoms with E-state index in [0.29, 0.717) is 18.7 Å². The number of likely N-dealkylation sites (tertiary alicyclic amines) is 1. The Morgan fingerprint density at radius 1 is 1.31 bits per heavy atom. The summed E-state index contributed by atoms with van der Waals surface area (Å²) in [6.45, 7) is 7.87. The van der Waals surface area contributed by atoms with Crippen molar-refractivity contribution in [3.63, 3.8) is 0 Å². The number of benzene rings is 1. The van der Waals surface area contributed by atoms with Crippen LogP contribution in [0.15, 0.2) is 34.7 Å². The molecule has 1 fully saturated rings. The summed E-state index contributed by atoms with van der Waals surface area (Å²) in [5.41, 5.74) is 0.210. The Kier molecular flexibility index (Phi) is 4.94. The van der Waals surface area contributed by atoms with E-state index in [1.165, 1.54) is 4.90 Å². The van der Waals surface area contributed by atoms with Crippen molar-refractivity contribution in [3.05, 3.63) is 36.1 Å². The van der Waals surface area contributed by atoms with E-state index in [1.807, 2.05) is 58.0 Å². The van der Waals surface area contributed by atoms with Crippen LogP contribution in [0.25, 0.3) is 11.0 Å². The number of furan rings is 1. The molecule has 0 radical (unpaired) electrons. The van der Waals surface area contributed by atoms with Gasteiger partial charge in [-0.05, 0) is 52.7 Å². The molecule has 1 saturated heterocycles. The van der Waals surface area contributed by atoms with Gasteiger partial charge in [0.05, 0.1) is 6.04 Å². The maximum atomic E-state index is 12.7. The predicted molar refractivity (Wildman–Crippen MR) is 98.7 cm³/mol. The zero-order valence-corrected chi connectivity index (χ0v) is 15.7. The van der Waals surface area contributed by atoms with Crippen LogP contribution in [0.5, 0.6) is 0 Å². The van der Waals surface area contributed by atoms with Gasteiger partial charge in [0.2, 0.25) is 5.91 Å². The molecule has 1 aliphatic rings. The Morgan fingerprint density at radius 3 is 2.73 bits per heavy atom. The molecule has 0 unspecified atom stereocenters. The van der Waals surface area contributed by atoms with Crippen LogP contribution in [-0.4, -0.2) is 35.1 Å². The topological polar surface area (TPSA) is 71.8 Å². The van der Waals surface area contributed by atoms with E-state index >= 15 is 0 Å². The Labute approximate surface area is 153 Å². The molecule has 2 atom stereocenters. The molecular weight excluding hydrogens is 332 g/mol. The minimum absolute atomic E-state index is 0.179. The average molecular weight is 358 g/mol. The molecule has 6 nitrogen and oxygen atoms in total. The zero-order valence-electron chi connectivity index (χ0n) is 15.7. The quantitative estimate of drug-likeness (QED) is 0.900. The lowest BCUT2D eigenvalue weighted by atomic mass is 10.1. The van der Waals surface area contributed by atoms with Crippen LogP contribution in [0, 0.1) is 0 Å². The van der Waals surface area contributed by atoms with Crippen molar-refractivity contribution >= 4 is 23.0 Å². The Balaban J connectivity index is 1.67. The number of rotatable bonds is 3. The standard InChI is InChI=1S/C20H26N2O4/c1-13(17-12-14-8-5-6-10-16(14)25-17)21-18(23)15-9-7-11-22(15)19(24)26-20(2,3)4/h5-6,8,10,12-13,15H,7,9,11H2,1-4H3,(H,21,23)/t13-,15+/m0/s1. The van der Waals surface area contributed by atoms with Gasteiger partial charge < -0.3 is 14.5 Å².